The molecule has 4 nitrogen and oxygen atoms in total. The summed E-state index contributed by atoms with van der Waals surface area (Å²) < 4.78 is 10.3. The number of aliphatic carboxylic acids is 1. The minimum atomic E-state index is -0.828. The smallest absolute Gasteiger partial charge is 0.328 e. The number of ether oxygens (including phenoxy) is 2. The highest BCUT2D eigenvalue weighted by Crippen LogP contribution is 2.23. The first-order valence-electron chi connectivity index (χ1n) is 6.39. The molecule has 2 aliphatic rings. The highest BCUT2D eigenvalue weighted by Gasteiger charge is 2.22. The van der Waals surface area contributed by atoms with E-state index in [0.29, 0.717) is 12.2 Å². The van der Waals surface area contributed by atoms with E-state index in [0.717, 1.165) is 57.3 Å². The molecule has 0 amide bonds. The summed E-state index contributed by atoms with van der Waals surface area (Å²) in [5.41, 5.74) is 1.05. The summed E-state index contributed by atoms with van der Waals surface area (Å²) in [6.07, 6.45) is 8.22. The fourth-order valence-electron chi connectivity index (χ4n) is 2.03. The lowest BCUT2D eigenvalue weighted by molar-refractivity contribution is -0.131. The Hall–Kier alpha value is -0.870. The SMILES string of the molecule is O=C(O)C=C(CCCC1CO1)CCCC1CO1. The molecule has 17 heavy (non-hydrogen) atoms. The van der Waals surface area contributed by atoms with Crippen LogP contribution in [0.4, 0.5) is 0 Å². The topological polar surface area (TPSA) is 62.4 Å². The third-order valence-corrected chi connectivity index (χ3v) is 3.18. The predicted octanol–water partition coefficient (Wildman–Crippen LogP) is 2.14. The molecule has 1 N–H and O–H groups in total. The summed E-state index contributed by atoms with van der Waals surface area (Å²) in [6, 6.07) is 0. The molecule has 2 atom stereocenters. The highest BCUT2D eigenvalue weighted by molar-refractivity contribution is 5.80. The fraction of sp³-hybridized carbons (Fsp3) is 0.769. The molecule has 2 rings (SSSR count). The van der Waals surface area contributed by atoms with Gasteiger partial charge in [0.05, 0.1) is 25.4 Å². The van der Waals surface area contributed by atoms with E-state index in [1.807, 2.05) is 0 Å². The minimum Gasteiger partial charge on any atom is -0.478 e. The number of hydrogen-bond acceptors (Lipinski definition) is 3. The highest BCUT2D eigenvalue weighted by atomic mass is 16.6. The Balaban J connectivity index is 1.64. The Morgan fingerprint density at radius 1 is 1.12 bits per heavy atom. The monoisotopic (exact) mass is 240 g/mol. The Morgan fingerprint density at radius 2 is 1.59 bits per heavy atom. The second kappa shape index (κ2) is 6.17. The van der Waals surface area contributed by atoms with Gasteiger partial charge in [-0.05, 0) is 38.5 Å². The van der Waals surface area contributed by atoms with Gasteiger partial charge in [0.15, 0.2) is 0 Å². The first-order chi connectivity index (χ1) is 8.24. The van der Waals surface area contributed by atoms with Gasteiger partial charge in [0.25, 0.3) is 0 Å². The molecule has 0 aromatic carbocycles. The van der Waals surface area contributed by atoms with Gasteiger partial charge in [-0.3, -0.25) is 0 Å². The van der Waals surface area contributed by atoms with Crippen molar-refractivity contribution in [2.45, 2.75) is 50.7 Å². The Kier molecular flexibility index (Phi) is 4.57. The van der Waals surface area contributed by atoms with E-state index in [4.69, 9.17) is 14.6 Å². The molecule has 0 bridgehead atoms. The largest absolute Gasteiger partial charge is 0.478 e. The summed E-state index contributed by atoms with van der Waals surface area (Å²) in [7, 11) is 0. The van der Waals surface area contributed by atoms with Crippen LogP contribution in [-0.2, 0) is 14.3 Å². The molecule has 4 heteroatoms. The van der Waals surface area contributed by atoms with Gasteiger partial charge in [-0.25, -0.2) is 4.79 Å². The lowest BCUT2D eigenvalue weighted by atomic mass is 10.0. The van der Waals surface area contributed by atoms with E-state index in [9.17, 15) is 4.79 Å². The van der Waals surface area contributed by atoms with Crippen LogP contribution >= 0.6 is 0 Å². The molecular formula is C13H20O4. The summed E-state index contributed by atoms with van der Waals surface area (Å²) in [5, 5.41) is 8.80. The van der Waals surface area contributed by atoms with Crippen LogP contribution in [0.3, 0.4) is 0 Å². The van der Waals surface area contributed by atoms with E-state index in [1.54, 1.807) is 0 Å². The number of carboxylic acid groups (broad SMARTS) is 1. The van der Waals surface area contributed by atoms with Crippen molar-refractivity contribution in [3.05, 3.63) is 11.6 Å². The van der Waals surface area contributed by atoms with Crippen LogP contribution in [0.1, 0.15) is 38.5 Å². The Morgan fingerprint density at radius 3 is 1.94 bits per heavy atom. The van der Waals surface area contributed by atoms with Crippen molar-refractivity contribution in [3.8, 4) is 0 Å². The third-order valence-electron chi connectivity index (χ3n) is 3.18. The minimum absolute atomic E-state index is 0.445. The zero-order chi connectivity index (χ0) is 12.1. The second-order valence-electron chi connectivity index (χ2n) is 4.84. The van der Waals surface area contributed by atoms with Gasteiger partial charge in [-0.2, -0.15) is 0 Å². The van der Waals surface area contributed by atoms with E-state index in [2.05, 4.69) is 0 Å². The maximum Gasteiger partial charge on any atom is 0.328 e. The third kappa shape index (κ3) is 5.84. The van der Waals surface area contributed by atoms with Crippen LogP contribution in [0.25, 0.3) is 0 Å². The first kappa shape index (κ1) is 12.6. The zero-order valence-electron chi connectivity index (χ0n) is 10.1. The standard InChI is InChI=1S/C13H20O4/c14-13(15)7-10(3-1-5-11-8-16-11)4-2-6-12-9-17-12/h7,11-12H,1-6,8-9H2,(H,14,15). The normalized spacial score (nSPS) is 25.4. The molecule has 0 radical (unpaired) electrons. The van der Waals surface area contributed by atoms with E-state index >= 15 is 0 Å². The van der Waals surface area contributed by atoms with Crippen molar-refractivity contribution in [2.24, 2.45) is 0 Å². The molecule has 0 aromatic rings. The van der Waals surface area contributed by atoms with Crippen LogP contribution in [-0.4, -0.2) is 36.5 Å². The molecule has 0 saturated carbocycles. The molecule has 2 heterocycles. The average molecular weight is 240 g/mol. The van der Waals surface area contributed by atoms with Crippen LogP contribution in [0, 0.1) is 0 Å². The first-order valence-corrected chi connectivity index (χ1v) is 6.39. The predicted molar refractivity (Wildman–Crippen MR) is 62.9 cm³/mol. The lowest BCUT2D eigenvalue weighted by Gasteiger charge is -2.05. The van der Waals surface area contributed by atoms with E-state index < -0.39 is 5.97 Å². The van der Waals surface area contributed by atoms with Gasteiger partial charge in [0, 0.05) is 6.08 Å². The number of carboxylic acids is 1. The second-order valence-corrected chi connectivity index (χ2v) is 4.84. The van der Waals surface area contributed by atoms with Gasteiger partial charge in [-0.1, -0.05) is 5.57 Å². The number of carbonyl (C=O) groups is 1. The fourth-order valence-corrected chi connectivity index (χ4v) is 2.03. The van der Waals surface area contributed by atoms with Crippen molar-refractivity contribution < 1.29 is 19.4 Å². The summed E-state index contributed by atoms with van der Waals surface area (Å²) in [4.78, 5) is 10.7. The van der Waals surface area contributed by atoms with Crippen molar-refractivity contribution in [1.82, 2.24) is 0 Å². The van der Waals surface area contributed by atoms with Crippen LogP contribution in [0.5, 0.6) is 0 Å². The van der Waals surface area contributed by atoms with Gasteiger partial charge >= 0.3 is 5.97 Å². The Bertz CT molecular complexity index is 270. The van der Waals surface area contributed by atoms with Crippen LogP contribution in [0.2, 0.25) is 0 Å². The zero-order valence-corrected chi connectivity index (χ0v) is 10.1. The molecule has 2 saturated heterocycles. The maximum absolute atomic E-state index is 10.7. The number of allylic oxidation sites excluding steroid dienone is 1. The maximum atomic E-state index is 10.7. The number of rotatable bonds is 9. The summed E-state index contributed by atoms with van der Waals surface area (Å²) in [5.74, 6) is -0.828. The molecule has 0 spiro atoms. The molecule has 96 valence electrons. The van der Waals surface area contributed by atoms with Crippen molar-refractivity contribution in [2.75, 3.05) is 13.2 Å². The van der Waals surface area contributed by atoms with Crippen LogP contribution < -0.4 is 0 Å². The van der Waals surface area contributed by atoms with Crippen LogP contribution in [0.15, 0.2) is 11.6 Å². The van der Waals surface area contributed by atoms with E-state index in [1.165, 1.54) is 6.08 Å². The van der Waals surface area contributed by atoms with Gasteiger partial charge in [0.2, 0.25) is 0 Å². The van der Waals surface area contributed by atoms with Gasteiger partial charge in [-0.15, -0.1) is 0 Å². The average Bonchev–Trinajstić information content (AvgIpc) is 3.12. The molecule has 2 unspecified atom stereocenters. The molecule has 0 aromatic heterocycles. The quantitative estimate of drug-likeness (QED) is 0.495. The van der Waals surface area contributed by atoms with Gasteiger partial charge in [0.1, 0.15) is 0 Å². The van der Waals surface area contributed by atoms with Crippen molar-refractivity contribution in [1.29, 1.82) is 0 Å². The number of epoxide rings is 2. The van der Waals surface area contributed by atoms with E-state index in [-0.39, 0.29) is 0 Å². The molecule has 2 fully saturated rings. The molecule has 0 aliphatic carbocycles. The molecular weight excluding hydrogens is 220 g/mol. The Labute approximate surface area is 102 Å². The number of hydrogen-bond donors (Lipinski definition) is 1. The molecule has 2 aliphatic heterocycles. The van der Waals surface area contributed by atoms with Crippen molar-refractivity contribution >= 4 is 5.97 Å². The van der Waals surface area contributed by atoms with Gasteiger partial charge < -0.3 is 14.6 Å². The van der Waals surface area contributed by atoms with Crippen molar-refractivity contribution in [3.63, 3.8) is 0 Å². The summed E-state index contributed by atoms with van der Waals surface area (Å²) >= 11 is 0. The summed E-state index contributed by atoms with van der Waals surface area (Å²) in [6.45, 7) is 1.77. The lowest BCUT2D eigenvalue weighted by Crippen LogP contribution is -1.96.